The number of carbonyl (C=O) groups excluding carboxylic acids is 2. The van der Waals surface area contributed by atoms with E-state index in [1.807, 2.05) is 0 Å². The van der Waals surface area contributed by atoms with Gasteiger partial charge in [-0.2, -0.15) is 0 Å². The number of anilines is 1. The lowest BCUT2D eigenvalue weighted by Crippen LogP contribution is -2.31. The third kappa shape index (κ3) is 3.87. The van der Waals surface area contributed by atoms with Crippen LogP contribution < -0.4 is 14.8 Å². The summed E-state index contributed by atoms with van der Waals surface area (Å²) in [5, 5.41) is 2.97. The summed E-state index contributed by atoms with van der Waals surface area (Å²) >= 11 is 0. The summed E-state index contributed by atoms with van der Waals surface area (Å²) in [5.41, 5.74) is 1.19. The largest absolute Gasteiger partial charge is 0.493 e. The van der Waals surface area contributed by atoms with Gasteiger partial charge in [0.25, 0.3) is 11.8 Å². The number of hydrogen-bond donors (Lipinski definition) is 1. The number of amides is 2. The second-order valence-corrected chi connectivity index (χ2v) is 6.73. The van der Waals surface area contributed by atoms with Gasteiger partial charge in [0.05, 0.1) is 32.6 Å². The topological polar surface area (TPSA) is 81.0 Å². The van der Waals surface area contributed by atoms with Crippen LogP contribution in [0.5, 0.6) is 11.5 Å². The monoisotopic (exact) mass is 422 g/mol. The number of rotatable bonds is 7. The smallest absolute Gasteiger partial charge is 0.278 e. The van der Waals surface area contributed by atoms with Crippen LogP contribution in [-0.4, -0.2) is 30.9 Å². The number of furan rings is 1. The third-order valence-corrected chi connectivity index (χ3v) is 4.85. The van der Waals surface area contributed by atoms with Gasteiger partial charge in [0.2, 0.25) is 0 Å². The molecular weight excluding hydrogens is 403 g/mol. The van der Waals surface area contributed by atoms with E-state index in [-0.39, 0.29) is 17.8 Å². The number of nitrogens with one attached hydrogen (secondary N) is 1. The molecule has 0 unspecified atom stereocenters. The summed E-state index contributed by atoms with van der Waals surface area (Å²) in [7, 11) is 2.99. The Kier molecular flexibility index (Phi) is 5.44. The fourth-order valence-corrected chi connectivity index (χ4v) is 3.33. The molecule has 0 spiro atoms. The molecule has 1 aromatic heterocycles. The molecule has 0 radical (unpaired) electrons. The van der Waals surface area contributed by atoms with Gasteiger partial charge in [-0.1, -0.05) is 6.07 Å². The van der Waals surface area contributed by atoms with Crippen molar-refractivity contribution in [2.45, 2.75) is 6.54 Å². The average molecular weight is 422 g/mol. The molecule has 0 saturated heterocycles. The Labute approximate surface area is 177 Å². The van der Waals surface area contributed by atoms with Gasteiger partial charge in [-0.3, -0.25) is 14.5 Å². The second-order valence-electron chi connectivity index (χ2n) is 6.73. The van der Waals surface area contributed by atoms with Crippen molar-refractivity contribution in [2.24, 2.45) is 0 Å². The van der Waals surface area contributed by atoms with Gasteiger partial charge in [-0.15, -0.1) is 0 Å². The number of ether oxygens (including phenoxy) is 2. The molecular formula is C23H19FN2O5. The Hall–Kier alpha value is -4.07. The van der Waals surface area contributed by atoms with Crippen LogP contribution in [-0.2, 0) is 16.1 Å². The maximum absolute atomic E-state index is 13.3. The van der Waals surface area contributed by atoms with E-state index in [0.717, 1.165) is 4.90 Å². The number of imide groups is 1. The highest BCUT2D eigenvalue weighted by Crippen LogP contribution is 2.36. The van der Waals surface area contributed by atoms with E-state index in [4.69, 9.17) is 13.9 Å². The van der Waals surface area contributed by atoms with Gasteiger partial charge in [-0.05, 0) is 54.1 Å². The summed E-state index contributed by atoms with van der Waals surface area (Å²) in [5.74, 6) is -0.0412. The van der Waals surface area contributed by atoms with Gasteiger partial charge in [0, 0.05) is 5.69 Å². The molecule has 2 amide bonds. The average Bonchev–Trinajstić information content (AvgIpc) is 3.38. The first kappa shape index (κ1) is 20.2. The summed E-state index contributed by atoms with van der Waals surface area (Å²) in [4.78, 5) is 27.6. The zero-order valence-electron chi connectivity index (χ0n) is 16.8. The van der Waals surface area contributed by atoms with Crippen molar-refractivity contribution < 1.29 is 27.9 Å². The molecule has 0 fully saturated rings. The molecule has 31 heavy (non-hydrogen) atoms. The van der Waals surface area contributed by atoms with E-state index in [1.165, 1.54) is 44.7 Å². The molecule has 1 N–H and O–H groups in total. The molecule has 1 aliphatic heterocycles. The lowest BCUT2D eigenvalue weighted by molar-refractivity contribution is -0.137. The summed E-state index contributed by atoms with van der Waals surface area (Å²) in [6.07, 6.45) is 1.47. The van der Waals surface area contributed by atoms with Crippen LogP contribution in [0.15, 0.2) is 71.0 Å². The minimum Gasteiger partial charge on any atom is -0.493 e. The van der Waals surface area contributed by atoms with E-state index in [9.17, 15) is 14.0 Å². The van der Waals surface area contributed by atoms with Crippen molar-refractivity contribution in [1.29, 1.82) is 0 Å². The summed E-state index contributed by atoms with van der Waals surface area (Å²) < 4.78 is 29.2. The minimum absolute atomic E-state index is 0.0178. The van der Waals surface area contributed by atoms with Crippen LogP contribution in [0.25, 0.3) is 5.57 Å². The van der Waals surface area contributed by atoms with Crippen molar-refractivity contribution >= 4 is 23.1 Å². The highest BCUT2D eigenvalue weighted by molar-refractivity contribution is 6.36. The van der Waals surface area contributed by atoms with Crippen molar-refractivity contribution in [2.75, 3.05) is 19.5 Å². The molecule has 0 bridgehead atoms. The van der Waals surface area contributed by atoms with Crippen molar-refractivity contribution in [3.05, 3.63) is 83.7 Å². The number of nitrogens with zero attached hydrogens (tertiary/aromatic N) is 1. The number of halogens is 1. The molecule has 0 saturated carbocycles. The molecule has 1 aliphatic rings. The van der Waals surface area contributed by atoms with Crippen LogP contribution in [0, 0.1) is 5.82 Å². The second kappa shape index (κ2) is 8.35. The zero-order valence-corrected chi connectivity index (χ0v) is 16.8. The highest BCUT2D eigenvalue weighted by Gasteiger charge is 2.40. The number of hydrogen-bond acceptors (Lipinski definition) is 6. The Bertz CT molecular complexity index is 1150. The van der Waals surface area contributed by atoms with E-state index in [1.54, 1.807) is 30.3 Å². The van der Waals surface area contributed by atoms with Crippen molar-refractivity contribution in [3.63, 3.8) is 0 Å². The molecule has 0 atom stereocenters. The van der Waals surface area contributed by atoms with Crippen molar-refractivity contribution in [1.82, 2.24) is 4.90 Å². The van der Waals surface area contributed by atoms with E-state index >= 15 is 0 Å². The van der Waals surface area contributed by atoms with Crippen molar-refractivity contribution in [3.8, 4) is 11.5 Å². The Morgan fingerprint density at radius 3 is 2.35 bits per heavy atom. The van der Waals surface area contributed by atoms with E-state index in [2.05, 4.69) is 5.32 Å². The predicted molar refractivity (Wildman–Crippen MR) is 111 cm³/mol. The molecule has 4 rings (SSSR count). The molecule has 3 aromatic rings. The molecule has 158 valence electrons. The minimum atomic E-state index is -0.518. The quantitative estimate of drug-likeness (QED) is 0.583. The van der Waals surface area contributed by atoms with Crippen LogP contribution in [0.3, 0.4) is 0 Å². The Morgan fingerprint density at radius 2 is 1.71 bits per heavy atom. The van der Waals surface area contributed by atoms with Crippen LogP contribution in [0.4, 0.5) is 10.1 Å². The number of methoxy groups -OCH3 is 2. The highest BCUT2D eigenvalue weighted by atomic mass is 19.1. The molecule has 7 nitrogen and oxygen atoms in total. The normalized spacial score (nSPS) is 13.7. The van der Waals surface area contributed by atoms with E-state index < -0.39 is 17.6 Å². The lowest BCUT2D eigenvalue weighted by atomic mass is 10.0. The molecule has 2 heterocycles. The first-order chi connectivity index (χ1) is 15.0. The summed E-state index contributed by atoms with van der Waals surface area (Å²) in [6.45, 7) is -0.0178. The standard InChI is InChI=1S/C23H19FN2O5/c1-29-18-10-5-14(12-19(18)30-2)20-21(25-16-8-6-15(24)7-9-16)23(28)26(22(20)27)13-17-4-3-11-31-17/h3-12,25H,13H2,1-2H3. The van der Waals surface area contributed by atoms with Gasteiger partial charge >= 0.3 is 0 Å². The van der Waals surface area contributed by atoms with Gasteiger partial charge in [0.1, 0.15) is 17.3 Å². The molecule has 2 aromatic carbocycles. The van der Waals surface area contributed by atoms with Crippen LogP contribution in [0.1, 0.15) is 11.3 Å². The Morgan fingerprint density at radius 1 is 0.968 bits per heavy atom. The van der Waals surface area contributed by atoms with Gasteiger partial charge in [-0.25, -0.2) is 4.39 Å². The fourth-order valence-electron chi connectivity index (χ4n) is 3.33. The lowest BCUT2D eigenvalue weighted by Gasteiger charge is -2.14. The molecule has 8 heteroatoms. The van der Waals surface area contributed by atoms with Crippen LogP contribution >= 0.6 is 0 Å². The first-order valence-corrected chi connectivity index (χ1v) is 9.39. The maximum Gasteiger partial charge on any atom is 0.278 e. The zero-order chi connectivity index (χ0) is 22.0. The van der Waals surface area contributed by atoms with Gasteiger partial charge in [0.15, 0.2) is 11.5 Å². The van der Waals surface area contributed by atoms with Crippen LogP contribution in [0.2, 0.25) is 0 Å². The maximum atomic E-state index is 13.3. The first-order valence-electron chi connectivity index (χ1n) is 9.39. The van der Waals surface area contributed by atoms with E-state index in [0.29, 0.717) is 28.5 Å². The number of benzene rings is 2. The third-order valence-electron chi connectivity index (χ3n) is 4.85. The predicted octanol–water partition coefficient (Wildman–Crippen LogP) is 3.83. The Balaban J connectivity index is 1.78. The summed E-state index contributed by atoms with van der Waals surface area (Å²) in [6, 6.07) is 13.8. The van der Waals surface area contributed by atoms with Gasteiger partial charge < -0.3 is 19.2 Å². The number of carbonyl (C=O) groups is 2. The molecule has 0 aliphatic carbocycles. The fraction of sp³-hybridized carbons (Fsp3) is 0.130. The SMILES string of the molecule is COc1ccc(C2=C(Nc3ccc(F)cc3)C(=O)N(Cc3ccco3)C2=O)cc1OC.